The Bertz CT molecular complexity index is 1680. The molecule has 2 aliphatic heterocycles. The van der Waals surface area contributed by atoms with E-state index < -0.39 is 34.3 Å². The Morgan fingerprint density at radius 1 is 1.04 bits per heavy atom. The topological polar surface area (TPSA) is 111 Å². The molecule has 3 atom stereocenters. The van der Waals surface area contributed by atoms with Gasteiger partial charge in [-0.15, -0.1) is 0 Å². The van der Waals surface area contributed by atoms with Gasteiger partial charge in [0.05, 0.1) is 17.6 Å². The molecule has 47 heavy (non-hydrogen) atoms. The quantitative estimate of drug-likeness (QED) is 0.137. The highest BCUT2D eigenvalue weighted by Gasteiger charge is 2.45. The van der Waals surface area contributed by atoms with Crippen molar-refractivity contribution in [1.29, 1.82) is 0 Å². The first-order valence-electron chi connectivity index (χ1n) is 15.4. The van der Waals surface area contributed by atoms with Crippen LogP contribution in [0.1, 0.15) is 62.1 Å². The minimum Gasteiger partial charge on any atom is -0.468 e. The number of halogens is 2. The molecule has 9 nitrogen and oxygen atoms in total. The summed E-state index contributed by atoms with van der Waals surface area (Å²) in [6.07, 6.45) is 1.21. The molecule has 2 aliphatic rings. The highest BCUT2D eigenvalue weighted by molar-refractivity contribution is 6.07. The number of hydrogen-bond donors (Lipinski definition) is 0. The number of hydrogen-bond acceptors (Lipinski definition) is 8. The molecule has 0 amide bonds. The lowest BCUT2D eigenvalue weighted by Crippen LogP contribution is -2.40. The largest absolute Gasteiger partial charge is 0.468 e. The van der Waals surface area contributed by atoms with E-state index in [0.717, 1.165) is 11.1 Å². The monoisotopic (exact) mass is 645 g/mol. The normalized spacial score (nSPS) is 21.5. The number of allylic oxidation sites excluding steroid dienone is 1. The first-order chi connectivity index (χ1) is 22.4. The number of nitrogens with zero attached hydrogens (tertiary/aromatic N) is 3. The highest BCUT2D eigenvalue weighted by Crippen LogP contribution is 2.42. The Balaban J connectivity index is 1.35. The number of non-ortho nitro benzene ring substituents is 1. The van der Waals surface area contributed by atoms with E-state index in [9.17, 15) is 28.5 Å². The van der Waals surface area contributed by atoms with Crippen LogP contribution in [0.5, 0.6) is 0 Å². The first kappa shape index (κ1) is 33.6. The number of carbonyl (C=O) groups is 2. The number of carbonyl (C=O) groups excluding carboxylic acids is 2. The summed E-state index contributed by atoms with van der Waals surface area (Å²) in [4.78, 5) is 44.8. The van der Waals surface area contributed by atoms with Crippen molar-refractivity contribution in [3.63, 3.8) is 0 Å². The summed E-state index contributed by atoms with van der Waals surface area (Å²) >= 11 is 0. The number of nitro benzene ring substituents is 1. The van der Waals surface area contributed by atoms with Crippen LogP contribution in [-0.2, 0) is 19.1 Å². The molecule has 0 saturated carbocycles. The Morgan fingerprint density at radius 3 is 2.23 bits per heavy atom. The van der Waals surface area contributed by atoms with Gasteiger partial charge in [-0.3, -0.25) is 24.8 Å². The van der Waals surface area contributed by atoms with Crippen molar-refractivity contribution < 1.29 is 32.8 Å². The highest BCUT2D eigenvalue weighted by atomic mass is 19.1. The third-order valence-electron chi connectivity index (χ3n) is 9.08. The third-order valence-corrected chi connectivity index (χ3v) is 9.08. The van der Waals surface area contributed by atoms with Crippen LogP contribution in [0.3, 0.4) is 0 Å². The standard InChI is InChI=1S/C36H37F2N3O6/c1-22-31(34(42)46-4)33(26-6-5-7-29(20-26)41(44)45)32(23(2)39-22)35(43)47-36(3)17-19-40(21-36)18-16-30(24-8-12-27(37)13-9-24)25-10-14-28(38)15-11-25/h5-15,20,30-31,33H,16-19,21H2,1-4H3/t31?,33-,36?/m0/s1. The SMILES string of the molecule is COC(=O)C1C(C)=NC(C)=C(C(=O)OC2(C)CCN(CCC(c3ccc(F)cc3)c3ccc(F)cc3)C2)[C@H]1c1cccc([N+](=O)[O-])c1. The Morgan fingerprint density at radius 2 is 1.66 bits per heavy atom. The molecule has 3 aromatic carbocycles. The molecule has 0 N–H and O–H groups in total. The lowest BCUT2D eigenvalue weighted by atomic mass is 9.75. The Kier molecular flexibility index (Phi) is 9.95. The van der Waals surface area contributed by atoms with E-state index in [0.29, 0.717) is 49.4 Å². The summed E-state index contributed by atoms with van der Waals surface area (Å²) in [5, 5.41) is 11.6. The molecule has 1 saturated heterocycles. The maximum absolute atomic E-state index is 14.0. The minimum atomic E-state index is -0.976. The van der Waals surface area contributed by atoms with Gasteiger partial charge in [-0.2, -0.15) is 0 Å². The van der Waals surface area contributed by atoms with Gasteiger partial charge >= 0.3 is 11.9 Å². The number of methoxy groups -OCH3 is 1. The summed E-state index contributed by atoms with van der Waals surface area (Å²) in [6.45, 7) is 6.91. The van der Waals surface area contributed by atoms with E-state index >= 15 is 0 Å². The lowest BCUT2D eigenvalue weighted by molar-refractivity contribution is -0.384. The second kappa shape index (κ2) is 13.9. The fourth-order valence-electron chi connectivity index (χ4n) is 6.73. The number of rotatable bonds is 10. The van der Waals surface area contributed by atoms with Crippen molar-refractivity contribution in [3.05, 3.63) is 123 Å². The van der Waals surface area contributed by atoms with Gasteiger partial charge in [0.2, 0.25) is 0 Å². The average molecular weight is 646 g/mol. The molecule has 1 fully saturated rings. The van der Waals surface area contributed by atoms with Gasteiger partial charge in [0.15, 0.2) is 0 Å². The minimum absolute atomic E-state index is 0.104. The number of nitro groups is 1. The smallest absolute Gasteiger partial charge is 0.337 e. The summed E-state index contributed by atoms with van der Waals surface area (Å²) in [6, 6.07) is 18.5. The zero-order valence-electron chi connectivity index (χ0n) is 26.7. The van der Waals surface area contributed by atoms with Crippen molar-refractivity contribution in [1.82, 2.24) is 4.90 Å². The molecule has 0 aliphatic carbocycles. The van der Waals surface area contributed by atoms with Gasteiger partial charge in [-0.05, 0) is 74.7 Å². The molecule has 2 heterocycles. The van der Waals surface area contributed by atoms with E-state index in [-0.39, 0.29) is 28.8 Å². The van der Waals surface area contributed by atoms with Gasteiger partial charge in [0.25, 0.3) is 5.69 Å². The van der Waals surface area contributed by atoms with Crippen molar-refractivity contribution in [2.24, 2.45) is 10.9 Å². The van der Waals surface area contributed by atoms with Gasteiger partial charge in [-0.1, -0.05) is 36.4 Å². The van der Waals surface area contributed by atoms with Gasteiger partial charge in [0, 0.05) is 54.9 Å². The molecule has 0 spiro atoms. The number of aliphatic imine (C=N–C) groups is 1. The number of esters is 2. The van der Waals surface area contributed by atoms with Crippen molar-refractivity contribution in [2.75, 3.05) is 26.7 Å². The summed E-state index contributed by atoms with van der Waals surface area (Å²) in [7, 11) is 1.24. The zero-order valence-corrected chi connectivity index (χ0v) is 26.7. The second-order valence-electron chi connectivity index (χ2n) is 12.4. The number of likely N-dealkylation sites (tertiary alicyclic amines) is 1. The zero-order chi connectivity index (χ0) is 33.9. The number of benzene rings is 3. The van der Waals surface area contributed by atoms with E-state index in [1.807, 2.05) is 6.92 Å². The average Bonchev–Trinajstić information content (AvgIpc) is 3.41. The maximum Gasteiger partial charge on any atom is 0.337 e. The van der Waals surface area contributed by atoms with Crippen molar-refractivity contribution >= 4 is 23.3 Å². The van der Waals surface area contributed by atoms with E-state index in [1.165, 1.54) is 49.6 Å². The van der Waals surface area contributed by atoms with E-state index in [2.05, 4.69) is 9.89 Å². The van der Waals surface area contributed by atoms with Gasteiger partial charge in [0.1, 0.15) is 23.2 Å². The van der Waals surface area contributed by atoms with Crippen LogP contribution < -0.4 is 0 Å². The first-order valence-corrected chi connectivity index (χ1v) is 15.4. The van der Waals surface area contributed by atoms with Crippen LogP contribution in [0.2, 0.25) is 0 Å². The summed E-state index contributed by atoms with van der Waals surface area (Å²) in [5.41, 5.74) is 2.13. The lowest BCUT2D eigenvalue weighted by Gasteiger charge is -2.33. The molecule has 11 heteroatoms. The molecule has 5 rings (SSSR count). The molecule has 246 valence electrons. The molecule has 0 aromatic heterocycles. The van der Waals surface area contributed by atoms with Crippen LogP contribution in [0.4, 0.5) is 14.5 Å². The van der Waals surface area contributed by atoms with Crippen LogP contribution >= 0.6 is 0 Å². The fraction of sp³-hybridized carbons (Fsp3) is 0.361. The molecular formula is C36H37F2N3O6. The molecule has 3 aromatic rings. The van der Waals surface area contributed by atoms with Crippen LogP contribution in [-0.4, -0.2) is 59.8 Å². The van der Waals surface area contributed by atoms with Gasteiger partial charge in [-0.25, -0.2) is 13.6 Å². The summed E-state index contributed by atoms with van der Waals surface area (Å²) < 4.78 is 38.6. The fourth-order valence-corrected chi connectivity index (χ4v) is 6.73. The predicted molar refractivity (Wildman–Crippen MR) is 172 cm³/mol. The maximum atomic E-state index is 14.0. The third kappa shape index (κ3) is 7.46. The Hall–Kier alpha value is -4.77. The van der Waals surface area contributed by atoms with Crippen molar-refractivity contribution in [3.8, 4) is 0 Å². The van der Waals surface area contributed by atoms with Crippen LogP contribution in [0.25, 0.3) is 0 Å². The van der Waals surface area contributed by atoms with Crippen LogP contribution in [0.15, 0.2) is 89.1 Å². The molecule has 0 bridgehead atoms. The van der Waals surface area contributed by atoms with E-state index in [1.54, 1.807) is 44.2 Å². The van der Waals surface area contributed by atoms with Crippen molar-refractivity contribution in [2.45, 2.75) is 51.0 Å². The van der Waals surface area contributed by atoms with E-state index in [4.69, 9.17) is 9.47 Å². The predicted octanol–water partition coefficient (Wildman–Crippen LogP) is 6.72. The van der Waals surface area contributed by atoms with Crippen LogP contribution in [0, 0.1) is 27.7 Å². The van der Waals surface area contributed by atoms with Gasteiger partial charge < -0.3 is 9.47 Å². The Labute approximate surface area is 272 Å². The second-order valence-corrected chi connectivity index (χ2v) is 12.4. The molecular weight excluding hydrogens is 608 g/mol. The number of ether oxygens (including phenoxy) is 2. The molecule has 2 unspecified atom stereocenters. The summed E-state index contributed by atoms with van der Waals surface area (Å²) in [5.74, 6) is -3.92. The molecule has 0 radical (unpaired) electrons.